The lowest BCUT2D eigenvalue weighted by molar-refractivity contribution is -0.141. The zero-order valence-corrected chi connectivity index (χ0v) is 93.3. The van der Waals surface area contributed by atoms with E-state index >= 15 is 0 Å². The van der Waals surface area contributed by atoms with Crippen molar-refractivity contribution >= 4 is 0 Å². The Kier molecular flexibility index (Phi) is 125. The summed E-state index contributed by atoms with van der Waals surface area (Å²) in [6.07, 6.45) is 90.0. The molecule has 0 amide bonds. The summed E-state index contributed by atoms with van der Waals surface area (Å²) >= 11 is 0. The van der Waals surface area contributed by atoms with Gasteiger partial charge < -0.3 is 118 Å². The highest BCUT2D eigenvalue weighted by atomic mass is 16.6. The number of hydrogen-bond donors (Lipinski definition) is 0. The molecule has 1 aliphatic rings. The second-order valence-corrected chi connectivity index (χ2v) is 38.0. The van der Waals surface area contributed by atoms with Crippen LogP contribution in [0, 0.1) is 0 Å². The summed E-state index contributed by atoms with van der Waals surface area (Å²) in [5.41, 5.74) is 0. The van der Waals surface area contributed by atoms with Crippen molar-refractivity contribution in [2.45, 2.75) is 412 Å². The maximum atomic E-state index is 6.63. The first-order valence-electron chi connectivity index (χ1n) is 59.5. The summed E-state index contributed by atoms with van der Waals surface area (Å²) in [6, 6.07) is 0. The Morgan fingerprint density at radius 3 is 0.538 bits per heavy atom. The van der Waals surface area contributed by atoms with Gasteiger partial charge in [-0.05, 0) is 128 Å². The molecule has 1 aliphatic heterocycles. The number of hydrogen-bond acceptors (Lipinski definition) is 25. The summed E-state index contributed by atoms with van der Waals surface area (Å²) < 4.78 is 149. The summed E-state index contributed by atoms with van der Waals surface area (Å²) in [4.78, 5) is 0. The first-order chi connectivity index (χ1) is 71.3. The highest BCUT2D eigenvalue weighted by molar-refractivity contribution is 4.92. The molecule has 1 fully saturated rings. The minimum atomic E-state index is -0.545. The highest BCUT2D eigenvalue weighted by Crippen LogP contribution is 2.27. The molecule has 0 aliphatic carbocycles. The van der Waals surface area contributed by atoms with Crippen LogP contribution in [0.25, 0.3) is 0 Å². The molecule has 0 bridgehead atoms. The number of ether oxygens (including phenoxy) is 25. The predicted octanol–water partition coefficient (Wildman–Crippen LogP) is 26.0. The molecule has 1 heterocycles. The fourth-order valence-corrected chi connectivity index (χ4v) is 16.3. The van der Waals surface area contributed by atoms with E-state index < -0.39 is 24.4 Å². The Bertz CT molecular complexity index is 2410. The molecule has 0 saturated carbocycles. The summed E-state index contributed by atoms with van der Waals surface area (Å²) in [5.74, 6) is 0. The van der Waals surface area contributed by atoms with Crippen LogP contribution < -0.4 is 0 Å². The van der Waals surface area contributed by atoms with Gasteiger partial charge in [-0.25, -0.2) is 0 Å². The van der Waals surface area contributed by atoms with E-state index in [-0.39, 0.29) is 26.4 Å². The van der Waals surface area contributed by atoms with Crippen molar-refractivity contribution in [2.24, 2.45) is 0 Å². The average molecular weight is 2050 g/mol. The van der Waals surface area contributed by atoms with Crippen molar-refractivity contribution in [1.29, 1.82) is 0 Å². The minimum absolute atomic E-state index is 0.206. The lowest BCUT2D eigenvalue weighted by atomic mass is 10.1. The van der Waals surface area contributed by atoms with Gasteiger partial charge in [-0.1, -0.05) is 307 Å². The highest BCUT2D eigenvalue weighted by Gasteiger charge is 2.44. The van der Waals surface area contributed by atoms with E-state index in [4.69, 9.17) is 118 Å². The topological polar surface area (TPSA) is 231 Å². The molecule has 25 heteroatoms. The molecule has 0 aromatic rings. The molecule has 1 rings (SSSR count). The van der Waals surface area contributed by atoms with E-state index in [0.29, 0.717) is 251 Å². The van der Waals surface area contributed by atoms with Crippen molar-refractivity contribution in [1.82, 2.24) is 0 Å². The maximum Gasteiger partial charge on any atom is 0.115 e. The molecule has 0 aromatic carbocycles. The summed E-state index contributed by atoms with van der Waals surface area (Å²) in [6.45, 7) is 31.0. The monoisotopic (exact) mass is 2050 g/mol. The molecule has 4 atom stereocenters. The molecular weight excluding hydrogens is 1820 g/mol. The molecular formula is C118H228O25. The Hall–Kier alpha value is -2.04. The smallest absolute Gasteiger partial charge is 0.115 e. The van der Waals surface area contributed by atoms with Crippen molar-refractivity contribution in [3.8, 4) is 0 Å². The molecule has 4 unspecified atom stereocenters. The lowest BCUT2D eigenvalue weighted by Crippen LogP contribution is -2.46. The summed E-state index contributed by atoms with van der Waals surface area (Å²) in [7, 11) is 0. The Labute approximate surface area is 878 Å². The molecule has 0 aromatic heterocycles. The van der Waals surface area contributed by atoms with Crippen molar-refractivity contribution in [3.05, 3.63) is 48.6 Å². The van der Waals surface area contributed by atoms with Crippen LogP contribution in [0.2, 0.25) is 0 Å². The Morgan fingerprint density at radius 1 is 0.168 bits per heavy atom. The van der Waals surface area contributed by atoms with Gasteiger partial charge in [-0.2, -0.15) is 0 Å². The van der Waals surface area contributed by atoms with Crippen molar-refractivity contribution in [2.75, 3.05) is 304 Å². The SMILES string of the molecule is CCCCCCCC/C=C\CCCCCCCCOCCOCCOCCOCCOCCOCC(OCCOCCOCCOCCOCCOCCCCCCCC/C=C\CCCCCCCC)C1OCC(OCCOCCOCCOCCOCCOCCCCCCCC/C=C\CCCCCCCC)C1OCCOCCOCCOCCOCCOCCCCCCCC/C=C\CCCCCCCC. The van der Waals surface area contributed by atoms with Crippen LogP contribution in [-0.2, 0) is 118 Å². The standard InChI is InChI=1S/C118H228O25/c1-5-9-13-17-21-25-29-33-37-41-45-49-53-57-61-65-69-119-73-77-123-81-85-127-89-90-131-97-98-135-105-106-139-113-115(140-110-107-136-102-99-132-94-91-128-86-82-124-78-74-120-70-66-62-58-54-50-46-42-38-34-30-26-22-18-14-10-6-2)118-117(142-112-109-138-104-101-134-96-93-130-88-84-126-80-76-122-72-68-64-60-56-52-48-44-40-36-32-28-24-20-16-12-8-4)116(114-143-118)141-111-108-137-103-100-133-95-92-129-87-83-125-79-75-121-71-67-63-59-55-51-47-43-39-35-31-27-23-19-15-11-7-3/h33-40,115-118H,5-32,41-114H2,1-4H3/b37-33-,38-34-,39-35-,40-36-. The molecule has 0 spiro atoms. The fourth-order valence-electron chi connectivity index (χ4n) is 16.3. The lowest BCUT2D eigenvalue weighted by Gasteiger charge is -2.29. The fraction of sp³-hybridized carbons (Fsp3) is 0.932. The van der Waals surface area contributed by atoms with Gasteiger partial charge in [0.05, 0.1) is 277 Å². The molecule has 25 nitrogen and oxygen atoms in total. The Morgan fingerprint density at radius 2 is 0.329 bits per heavy atom. The first kappa shape index (κ1) is 139. The van der Waals surface area contributed by atoms with Crippen LogP contribution in [0.5, 0.6) is 0 Å². The van der Waals surface area contributed by atoms with Crippen LogP contribution >= 0.6 is 0 Å². The zero-order chi connectivity index (χ0) is 102. The van der Waals surface area contributed by atoms with Gasteiger partial charge in [0.2, 0.25) is 0 Å². The van der Waals surface area contributed by atoms with E-state index in [1.165, 1.54) is 334 Å². The molecule has 1 saturated heterocycles. The second kappa shape index (κ2) is 129. The first-order valence-corrected chi connectivity index (χ1v) is 59.5. The van der Waals surface area contributed by atoms with Gasteiger partial charge in [-0.15, -0.1) is 0 Å². The van der Waals surface area contributed by atoms with Crippen LogP contribution in [0.3, 0.4) is 0 Å². The third-order valence-electron chi connectivity index (χ3n) is 25.0. The van der Waals surface area contributed by atoms with Gasteiger partial charge in [0.1, 0.15) is 24.4 Å². The minimum Gasteiger partial charge on any atom is -0.379 e. The van der Waals surface area contributed by atoms with Gasteiger partial charge in [0, 0.05) is 26.4 Å². The third-order valence-corrected chi connectivity index (χ3v) is 25.0. The van der Waals surface area contributed by atoms with E-state index in [1.807, 2.05) is 0 Å². The molecule has 143 heavy (non-hydrogen) atoms. The largest absolute Gasteiger partial charge is 0.379 e. The number of rotatable bonds is 130. The van der Waals surface area contributed by atoms with E-state index in [1.54, 1.807) is 0 Å². The van der Waals surface area contributed by atoms with Crippen molar-refractivity contribution in [3.63, 3.8) is 0 Å². The van der Waals surface area contributed by atoms with Gasteiger partial charge in [0.15, 0.2) is 0 Å². The zero-order valence-electron chi connectivity index (χ0n) is 93.3. The normalized spacial score (nSPS) is 14.4. The summed E-state index contributed by atoms with van der Waals surface area (Å²) in [5, 5.41) is 0. The van der Waals surface area contributed by atoms with Gasteiger partial charge in [-0.3, -0.25) is 0 Å². The molecule has 0 radical (unpaired) electrons. The third kappa shape index (κ3) is 115. The average Bonchev–Trinajstić information content (AvgIpc) is 1.69. The van der Waals surface area contributed by atoms with Crippen LogP contribution in [0.1, 0.15) is 387 Å². The number of allylic oxidation sites excluding steroid dienone is 8. The number of unbranched alkanes of at least 4 members (excludes halogenated alkanes) is 48. The van der Waals surface area contributed by atoms with Crippen molar-refractivity contribution < 1.29 is 118 Å². The van der Waals surface area contributed by atoms with Crippen LogP contribution in [-0.4, -0.2) is 328 Å². The van der Waals surface area contributed by atoms with E-state index in [0.717, 1.165) is 52.1 Å². The molecule has 0 N–H and O–H groups in total. The quantitative estimate of drug-likeness (QED) is 0.0407. The predicted molar refractivity (Wildman–Crippen MR) is 584 cm³/mol. The van der Waals surface area contributed by atoms with Crippen LogP contribution in [0.15, 0.2) is 48.6 Å². The van der Waals surface area contributed by atoms with E-state index in [9.17, 15) is 0 Å². The molecule has 850 valence electrons. The van der Waals surface area contributed by atoms with Crippen LogP contribution in [0.4, 0.5) is 0 Å². The van der Waals surface area contributed by atoms with Gasteiger partial charge in [0.25, 0.3) is 0 Å². The van der Waals surface area contributed by atoms with E-state index in [2.05, 4.69) is 76.3 Å². The Balaban J connectivity index is 2.63. The second-order valence-electron chi connectivity index (χ2n) is 38.0. The maximum absolute atomic E-state index is 6.63. The van der Waals surface area contributed by atoms with Gasteiger partial charge >= 0.3 is 0 Å².